The first-order valence-corrected chi connectivity index (χ1v) is 15.4. The van der Waals surface area contributed by atoms with Gasteiger partial charge in [0.25, 0.3) is 5.91 Å². The van der Waals surface area contributed by atoms with Gasteiger partial charge in [0.2, 0.25) is 0 Å². The minimum absolute atomic E-state index is 0.0171. The molecule has 0 aliphatic heterocycles. The Morgan fingerprint density at radius 3 is 2.49 bits per heavy atom. The molecule has 1 fully saturated rings. The van der Waals surface area contributed by atoms with Crippen molar-refractivity contribution in [3.05, 3.63) is 81.7 Å². The van der Waals surface area contributed by atoms with Gasteiger partial charge in [0, 0.05) is 23.0 Å². The number of rotatable bonds is 7. The molecule has 1 heterocycles. The number of thiophene rings is 1. The third-order valence-corrected chi connectivity index (χ3v) is 10.1. The molecule has 0 saturated heterocycles. The lowest BCUT2D eigenvalue weighted by Crippen LogP contribution is -2.41. The molecule has 0 N–H and O–H groups in total. The zero-order valence-corrected chi connectivity index (χ0v) is 24.5. The van der Waals surface area contributed by atoms with Crippen molar-refractivity contribution in [3.63, 3.8) is 0 Å². The fourth-order valence-corrected chi connectivity index (χ4v) is 7.55. The van der Waals surface area contributed by atoms with Crippen molar-refractivity contribution in [2.45, 2.75) is 50.1 Å². The molecule has 39 heavy (non-hydrogen) atoms. The van der Waals surface area contributed by atoms with E-state index in [9.17, 15) is 13.6 Å². The Bertz CT molecular complexity index is 1510. The summed E-state index contributed by atoms with van der Waals surface area (Å²) in [5.74, 6) is -0.252. The molecule has 0 spiro atoms. The molecule has 1 saturated carbocycles. The van der Waals surface area contributed by atoms with E-state index < -0.39 is 11.6 Å². The summed E-state index contributed by atoms with van der Waals surface area (Å²) in [6.07, 6.45) is 5.78. The normalized spacial score (nSPS) is 17.4. The second kappa shape index (κ2) is 11.9. The molecule has 5 rings (SSSR count). The fourth-order valence-electron chi connectivity index (χ4n) is 5.42. The van der Waals surface area contributed by atoms with Crippen LogP contribution in [0.1, 0.15) is 47.8 Å². The van der Waals surface area contributed by atoms with Crippen LogP contribution in [0.2, 0.25) is 5.02 Å². The van der Waals surface area contributed by atoms with Gasteiger partial charge in [-0.25, -0.2) is 8.78 Å². The number of thioether (sulfide) groups is 1. The van der Waals surface area contributed by atoms with Gasteiger partial charge in [0.1, 0.15) is 22.3 Å². The number of carbonyl (C=O) groups is 1. The quantitative estimate of drug-likeness (QED) is 0.202. The third kappa shape index (κ3) is 5.54. The number of ether oxygens (including phenoxy) is 1. The van der Waals surface area contributed by atoms with E-state index in [2.05, 4.69) is 25.1 Å². The summed E-state index contributed by atoms with van der Waals surface area (Å²) in [6.45, 7) is 2.53. The number of amides is 1. The zero-order chi connectivity index (χ0) is 27.7. The van der Waals surface area contributed by atoms with E-state index in [0.717, 1.165) is 70.7 Å². The number of fused-ring (bicyclic) bond motifs is 1. The molecule has 0 bridgehead atoms. The molecule has 1 aliphatic rings. The first-order chi connectivity index (χ1) is 18.8. The Labute approximate surface area is 241 Å². The summed E-state index contributed by atoms with van der Waals surface area (Å²) in [4.78, 5) is 17.3. The van der Waals surface area contributed by atoms with Gasteiger partial charge < -0.3 is 9.64 Å². The van der Waals surface area contributed by atoms with E-state index in [-0.39, 0.29) is 31.9 Å². The molecule has 3 aromatic carbocycles. The molecular formula is C31H30ClF2NO2S2. The van der Waals surface area contributed by atoms with Crippen LogP contribution in [-0.2, 0) is 6.54 Å². The van der Waals surface area contributed by atoms with Gasteiger partial charge in [-0.2, -0.15) is 0 Å². The van der Waals surface area contributed by atoms with Crippen LogP contribution in [0.3, 0.4) is 0 Å². The lowest BCUT2D eigenvalue weighted by Gasteiger charge is -2.36. The summed E-state index contributed by atoms with van der Waals surface area (Å²) in [5.41, 5.74) is 3.01. The van der Waals surface area contributed by atoms with Crippen LogP contribution < -0.4 is 4.74 Å². The topological polar surface area (TPSA) is 29.5 Å². The molecule has 1 aromatic heterocycles. The SMILES string of the molecule is COc1ccc(-c2ccccc2SC)cc1CN(C(=O)c1sc2c(F)ccc(F)c2c1Cl)C1CCC(C)CC1. The molecule has 204 valence electrons. The van der Waals surface area contributed by atoms with Crippen LogP contribution in [0, 0.1) is 17.6 Å². The van der Waals surface area contributed by atoms with E-state index in [0.29, 0.717) is 18.2 Å². The minimum Gasteiger partial charge on any atom is -0.496 e. The number of carbonyl (C=O) groups excluding carboxylic acids is 1. The van der Waals surface area contributed by atoms with Crippen LogP contribution in [-0.4, -0.2) is 30.2 Å². The van der Waals surface area contributed by atoms with Crippen molar-refractivity contribution in [3.8, 4) is 16.9 Å². The predicted molar refractivity (Wildman–Crippen MR) is 158 cm³/mol. The highest BCUT2D eigenvalue weighted by molar-refractivity contribution is 7.98. The second-order valence-corrected chi connectivity index (χ2v) is 12.3. The Morgan fingerprint density at radius 2 is 1.79 bits per heavy atom. The molecule has 3 nitrogen and oxygen atoms in total. The molecule has 1 amide bonds. The summed E-state index contributed by atoms with van der Waals surface area (Å²) < 4.78 is 35.0. The smallest absolute Gasteiger partial charge is 0.266 e. The van der Waals surface area contributed by atoms with E-state index in [1.165, 1.54) is 0 Å². The van der Waals surface area contributed by atoms with Crippen LogP contribution in [0.15, 0.2) is 59.5 Å². The Kier molecular flexibility index (Phi) is 8.50. The second-order valence-electron chi connectivity index (χ2n) is 10.1. The van der Waals surface area contributed by atoms with Crippen LogP contribution in [0.4, 0.5) is 8.78 Å². The van der Waals surface area contributed by atoms with Gasteiger partial charge in [-0.3, -0.25) is 4.79 Å². The molecule has 0 unspecified atom stereocenters. The van der Waals surface area contributed by atoms with Gasteiger partial charge in [-0.1, -0.05) is 42.8 Å². The Hall–Kier alpha value is -2.61. The molecule has 1 aliphatic carbocycles. The number of nitrogens with zero attached hydrogens (tertiary/aromatic N) is 1. The van der Waals surface area contributed by atoms with Gasteiger partial charge in [0.05, 0.1) is 22.2 Å². The predicted octanol–water partition coefficient (Wildman–Crippen LogP) is 9.45. The largest absolute Gasteiger partial charge is 0.496 e. The standard InChI is InChI=1S/C31H30ClF2NO2S2/c1-18-8-11-21(12-9-18)35(31(36)30-28(32)27-23(33)13-14-24(34)29(27)39-30)17-20-16-19(10-15-25(20)37-2)22-6-4-5-7-26(22)38-3/h4-7,10,13-16,18,21H,8-9,11-12,17H2,1-3H3. The molecule has 8 heteroatoms. The van der Waals surface area contributed by atoms with Crippen molar-refractivity contribution < 1.29 is 18.3 Å². The van der Waals surface area contributed by atoms with Crippen molar-refractivity contribution in [2.24, 2.45) is 5.92 Å². The van der Waals surface area contributed by atoms with E-state index >= 15 is 0 Å². The highest BCUT2D eigenvalue weighted by Crippen LogP contribution is 2.41. The first-order valence-electron chi connectivity index (χ1n) is 13.0. The van der Waals surface area contributed by atoms with Crippen molar-refractivity contribution in [1.29, 1.82) is 0 Å². The summed E-state index contributed by atoms with van der Waals surface area (Å²) >= 11 is 9.16. The number of hydrogen-bond donors (Lipinski definition) is 0. The molecular weight excluding hydrogens is 556 g/mol. The van der Waals surface area contributed by atoms with Crippen molar-refractivity contribution in [2.75, 3.05) is 13.4 Å². The summed E-state index contributed by atoms with van der Waals surface area (Å²) in [6, 6.07) is 16.3. The average Bonchev–Trinajstić information content (AvgIpc) is 3.32. The van der Waals surface area contributed by atoms with Crippen LogP contribution >= 0.6 is 34.7 Å². The maximum Gasteiger partial charge on any atom is 0.266 e. The van der Waals surface area contributed by atoms with Gasteiger partial charge >= 0.3 is 0 Å². The maximum atomic E-state index is 14.6. The number of benzene rings is 3. The van der Waals surface area contributed by atoms with Crippen LogP contribution in [0.25, 0.3) is 21.2 Å². The lowest BCUT2D eigenvalue weighted by atomic mass is 9.86. The lowest BCUT2D eigenvalue weighted by molar-refractivity contribution is 0.0597. The molecule has 0 atom stereocenters. The highest BCUT2D eigenvalue weighted by Gasteiger charge is 2.32. The maximum absolute atomic E-state index is 14.6. The Balaban J connectivity index is 1.58. The van der Waals surface area contributed by atoms with Gasteiger partial charge in [-0.05, 0) is 79.3 Å². The number of hydrogen-bond acceptors (Lipinski definition) is 4. The average molecular weight is 586 g/mol. The first kappa shape index (κ1) is 27.9. The minimum atomic E-state index is -0.633. The molecule has 4 aromatic rings. The van der Waals surface area contributed by atoms with Crippen LogP contribution in [0.5, 0.6) is 5.75 Å². The van der Waals surface area contributed by atoms with Crippen molar-refractivity contribution >= 4 is 50.7 Å². The van der Waals surface area contributed by atoms with E-state index in [1.54, 1.807) is 18.9 Å². The van der Waals surface area contributed by atoms with Gasteiger partial charge in [-0.15, -0.1) is 23.1 Å². The Morgan fingerprint density at radius 1 is 1.08 bits per heavy atom. The van der Waals surface area contributed by atoms with Gasteiger partial charge in [0.15, 0.2) is 0 Å². The summed E-state index contributed by atoms with van der Waals surface area (Å²) in [7, 11) is 1.62. The fraction of sp³-hybridized carbons (Fsp3) is 0.323. The van der Waals surface area contributed by atoms with E-state index in [1.807, 2.05) is 35.4 Å². The van der Waals surface area contributed by atoms with Crippen molar-refractivity contribution in [1.82, 2.24) is 4.90 Å². The number of methoxy groups -OCH3 is 1. The highest BCUT2D eigenvalue weighted by atomic mass is 35.5. The summed E-state index contributed by atoms with van der Waals surface area (Å²) in [5, 5.41) is -0.0590. The monoisotopic (exact) mass is 585 g/mol. The third-order valence-electron chi connectivity index (χ3n) is 7.60. The molecule has 0 radical (unpaired) electrons. The van der Waals surface area contributed by atoms with E-state index in [4.69, 9.17) is 16.3 Å². The number of halogens is 3. The zero-order valence-electron chi connectivity index (χ0n) is 22.1.